The monoisotopic (exact) mass is 301 g/mol. The summed E-state index contributed by atoms with van der Waals surface area (Å²) < 4.78 is 15.5. The Balaban J connectivity index is 3.41. The third kappa shape index (κ3) is 3.89. The van der Waals surface area contributed by atoms with E-state index in [2.05, 4.69) is 6.58 Å². The molecule has 0 saturated carbocycles. The number of ether oxygens (including phenoxy) is 3. The molecule has 0 aliphatic rings. The highest BCUT2D eigenvalue weighted by atomic mass is 16.5. The van der Waals surface area contributed by atoms with Gasteiger partial charge >= 0.3 is 5.97 Å². The van der Waals surface area contributed by atoms with Crippen LogP contribution >= 0.6 is 0 Å². The van der Waals surface area contributed by atoms with E-state index in [0.29, 0.717) is 17.1 Å². The molecule has 0 bridgehead atoms. The van der Waals surface area contributed by atoms with Crippen molar-refractivity contribution in [2.45, 2.75) is 13.8 Å². The average Bonchev–Trinajstić information content (AvgIpc) is 2.51. The minimum Gasteiger partial charge on any atom is -0.496 e. The maximum Gasteiger partial charge on any atom is 0.348 e. The SMILES string of the molecule is C=C(C)c1c(OC)cc(C=C(C#N)C(=O)OCC)cc1OC. The van der Waals surface area contributed by atoms with Crippen LogP contribution in [0.15, 0.2) is 24.3 Å². The smallest absolute Gasteiger partial charge is 0.348 e. The van der Waals surface area contributed by atoms with Gasteiger partial charge < -0.3 is 14.2 Å². The summed E-state index contributed by atoms with van der Waals surface area (Å²) in [6, 6.07) is 5.26. The summed E-state index contributed by atoms with van der Waals surface area (Å²) in [5.74, 6) is 0.449. The Bertz CT molecular complexity index is 628. The van der Waals surface area contributed by atoms with E-state index in [-0.39, 0.29) is 12.2 Å². The van der Waals surface area contributed by atoms with Gasteiger partial charge in [-0.05, 0) is 43.2 Å². The van der Waals surface area contributed by atoms with Crippen LogP contribution in [0.1, 0.15) is 25.0 Å². The van der Waals surface area contributed by atoms with Crippen LogP contribution in [0.4, 0.5) is 0 Å². The highest BCUT2D eigenvalue weighted by Gasteiger charge is 2.15. The Labute approximate surface area is 130 Å². The Morgan fingerprint density at radius 2 is 1.86 bits per heavy atom. The van der Waals surface area contributed by atoms with Gasteiger partial charge in [0.05, 0.1) is 26.4 Å². The summed E-state index contributed by atoms with van der Waals surface area (Å²) >= 11 is 0. The lowest BCUT2D eigenvalue weighted by Gasteiger charge is -2.14. The Hall–Kier alpha value is -2.74. The molecule has 0 saturated heterocycles. The van der Waals surface area contributed by atoms with Crippen LogP contribution in [0.2, 0.25) is 0 Å². The highest BCUT2D eigenvalue weighted by Crippen LogP contribution is 2.36. The predicted octanol–water partition coefficient (Wildman–Crippen LogP) is 3.21. The maximum absolute atomic E-state index is 11.7. The Morgan fingerprint density at radius 3 is 2.23 bits per heavy atom. The first-order valence-electron chi connectivity index (χ1n) is 6.69. The molecule has 0 aliphatic carbocycles. The third-order valence-electron chi connectivity index (χ3n) is 2.88. The van der Waals surface area contributed by atoms with E-state index in [1.165, 1.54) is 20.3 Å². The Kier molecular flexibility index (Phi) is 6.21. The molecular weight excluding hydrogens is 282 g/mol. The lowest BCUT2D eigenvalue weighted by Crippen LogP contribution is -2.06. The number of hydrogen-bond donors (Lipinski definition) is 0. The number of carbonyl (C=O) groups is 1. The second kappa shape index (κ2) is 7.89. The van der Waals surface area contributed by atoms with Gasteiger partial charge in [-0.15, -0.1) is 0 Å². The molecule has 0 radical (unpaired) electrons. The van der Waals surface area contributed by atoms with Crippen molar-refractivity contribution in [3.63, 3.8) is 0 Å². The number of esters is 1. The van der Waals surface area contributed by atoms with Crippen LogP contribution in [0.25, 0.3) is 11.6 Å². The topological polar surface area (TPSA) is 68.5 Å². The molecule has 0 spiro atoms. The predicted molar refractivity (Wildman–Crippen MR) is 84.5 cm³/mol. The van der Waals surface area contributed by atoms with E-state index in [4.69, 9.17) is 19.5 Å². The lowest BCUT2D eigenvalue weighted by atomic mass is 10.0. The quantitative estimate of drug-likeness (QED) is 0.458. The van der Waals surface area contributed by atoms with Crippen molar-refractivity contribution in [1.29, 1.82) is 5.26 Å². The fourth-order valence-corrected chi connectivity index (χ4v) is 1.95. The molecule has 0 aromatic heterocycles. The van der Waals surface area contributed by atoms with Gasteiger partial charge in [0.25, 0.3) is 0 Å². The van der Waals surface area contributed by atoms with Gasteiger partial charge in [0.15, 0.2) is 0 Å². The van der Waals surface area contributed by atoms with E-state index in [1.807, 2.05) is 13.0 Å². The van der Waals surface area contributed by atoms with Crippen LogP contribution in [0.3, 0.4) is 0 Å². The van der Waals surface area contributed by atoms with Gasteiger partial charge in [-0.1, -0.05) is 6.58 Å². The normalized spacial score (nSPS) is 10.6. The molecule has 0 heterocycles. The zero-order valence-electron chi connectivity index (χ0n) is 13.2. The molecule has 0 amide bonds. The molecule has 22 heavy (non-hydrogen) atoms. The number of nitriles is 1. The van der Waals surface area contributed by atoms with E-state index in [1.54, 1.807) is 19.1 Å². The van der Waals surface area contributed by atoms with E-state index in [0.717, 1.165) is 11.1 Å². The largest absolute Gasteiger partial charge is 0.496 e. The van der Waals surface area contributed by atoms with Crippen molar-refractivity contribution >= 4 is 17.6 Å². The number of nitrogens with zero attached hydrogens (tertiary/aromatic N) is 1. The summed E-state index contributed by atoms with van der Waals surface area (Å²) in [5, 5.41) is 9.08. The zero-order chi connectivity index (χ0) is 16.7. The fourth-order valence-electron chi connectivity index (χ4n) is 1.95. The molecule has 0 aliphatic heterocycles. The first kappa shape index (κ1) is 17.3. The summed E-state index contributed by atoms with van der Waals surface area (Å²) in [4.78, 5) is 11.7. The van der Waals surface area contributed by atoms with Gasteiger partial charge in [-0.3, -0.25) is 0 Å². The zero-order valence-corrected chi connectivity index (χ0v) is 13.2. The van der Waals surface area contributed by atoms with Crippen LogP contribution in [-0.4, -0.2) is 26.8 Å². The van der Waals surface area contributed by atoms with E-state index in [9.17, 15) is 4.79 Å². The van der Waals surface area contributed by atoms with Crippen molar-refractivity contribution in [2.75, 3.05) is 20.8 Å². The van der Waals surface area contributed by atoms with E-state index >= 15 is 0 Å². The second-order valence-electron chi connectivity index (χ2n) is 4.47. The number of rotatable bonds is 6. The number of hydrogen-bond acceptors (Lipinski definition) is 5. The maximum atomic E-state index is 11.7. The number of carbonyl (C=O) groups excluding carboxylic acids is 1. The Morgan fingerprint density at radius 1 is 1.32 bits per heavy atom. The van der Waals surface area contributed by atoms with Crippen LogP contribution in [-0.2, 0) is 9.53 Å². The molecule has 5 heteroatoms. The minimum absolute atomic E-state index is 0.0889. The van der Waals surface area contributed by atoms with Gasteiger partial charge in [-0.2, -0.15) is 5.26 Å². The van der Waals surface area contributed by atoms with Gasteiger partial charge in [-0.25, -0.2) is 4.79 Å². The molecule has 0 N–H and O–H groups in total. The molecule has 0 fully saturated rings. The van der Waals surface area contributed by atoms with Gasteiger partial charge in [0.1, 0.15) is 23.1 Å². The number of benzene rings is 1. The molecule has 0 atom stereocenters. The van der Waals surface area contributed by atoms with Crippen molar-refractivity contribution in [2.24, 2.45) is 0 Å². The molecular formula is C17H19NO4. The van der Waals surface area contributed by atoms with Crippen LogP contribution in [0.5, 0.6) is 11.5 Å². The van der Waals surface area contributed by atoms with Crippen molar-refractivity contribution in [3.05, 3.63) is 35.4 Å². The van der Waals surface area contributed by atoms with Gasteiger partial charge in [0, 0.05) is 0 Å². The molecule has 1 aromatic carbocycles. The second-order valence-corrected chi connectivity index (χ2v) is 4.47. The summed E-state index contributed by atoms with van der Waals surface area (Å²) in [6.45, 7) is 7.63. The summed E-state index contributed by atoms with van der Waals surface area (Å²) in [7, 11) is 3.07. The third-order valence-corrected chi connectivity index (χ3v) is 2.88. The highest BCUT2D eigenvalue weighted by molar-refractivity contribution is 5.98. The standard InChI is InChI=1S/C17H19NO4/c1-6-22-17(19)13(10-18)7-12-8-14(20-4)16(11(2)3)15(9-12)21-5/h7-9H,2,6H2,1,3-5H3. The van der Waals surface area contributed by atoms with Crippen molar-refractivity contribution < 1.29 is 19.0 Å². The molecule has 1 rings (SSSR count). The molecule has 1 aromatic rings. The summed E-state index contributed by atoms with van der Waals surface area (Å²) in [6.07, 6.45) is 1.44. The molecule has 0 unspecified atom stereocenters. The van der Waals surface area contributed by atoms with Gasteiger partial charge in [0.2, 0.25) is 0 Å². The van der Waals surface area contributed by atoms with E-state index < -0.39 is 5.97 Å². The summed E-state index contributed by atoms with van der Waals surface area (Å²) in [5.41, 5.74) is 2.05. The fraction of sp³-hybridized carbons (Fsp3) is 0.294. The average molecular weight is 301 g/mol. The minimum atomic E-state index is -0.660. The number of allylic oxidation sites excluding steroid dienone is 1. The first-order valence-corrected chi connectivity index (χ1v) is 6.69. The van der Waals surface area contributed by atoms with Crippen LogP contribution < -0.4 is 9.47 Å². The number of methoxy groups -OCH3 is 2. The molecule has 5 nitrogen and oxygen atoms in total. The van der Waals surface area contributed by atoms with Crippen molar-refractivity contribution in [3.8, 4) is 17.6 Å². The van der Waals surface area contributed by atoms with Crippen molar-refractivity contribution in [1.82, 2.24) is 0 Å². The van der Waals surface area contributed by atoms with Crippen LogP contribution in [0, 0.1) is 11.3 Å². The molecule has 116 valence electrons. The lowest BCUT2D eigenvalue weighted by molar-refractivity contribution is -0.137. The first-order chi connectivity index (χ1) is 10.5.